The van der Waals surface area contributed by atoms with E-state index in [-0.39, 0.29) is 63.0 Å². The minimum absolute atomic E-state index is 0.0489. The van der Waals surface area contributed by atoms with Crippen LogP contribution < -0.4 is 5.73 Å². The topological polar surface area (TPSA) is 101 Å². The molecular weight excluding hydrogens is 436 g/mol. The predicted molar refractivity (Wildman–Crippen MR) is 133 cm³/mol. The van der Waals surface area contributed by atoms with Crippen molar-refractivity contribution in [3.05, 3.63) is 23.3 Å². The van der Waals surface area contributed by atoms with E-state index in [4.69, 9.17) is 5.73 Å². The van der Waals surface area contributed by atoms with Crippen LogP contribution in [0.2, 0.25) is 0 Å². The number of Topliss-reactive ketones (excluding diaryl/α,β-unsaturated/α-hetero) is 1. The first-order valence-corrected chi connectivity index (χ1v) is 13.4. The van der Waals surface area contributed by atoms with Crippen molar-refractivity contribution in [3.8, 4) is 6.07 Å². The van der Waals surface area contributed by atoms with Crippen molar-refractivity contribution in [3.63, 3.8) is 0 Å². The monoisotopic (exact) mass is 476 g/mol. The average Bonchev–Trinajstić information content (AvgIpc) is 2.77. The van der Waals surface area contributed by atoms with E-state index in [0.717, 1.165) is 50.5 Å². The molecule has 3 fully saturated rings. The molecule has 0 aromatic carbocycles. The minimum Gasteiger partial charge on any atom is -0.369 e. The molecule has 0 aliphatic heterocycles. The van der Waals surface area contributed by atoms with E-state index in [1.807, 2.05) is 19.1 Å². The molecule has 188 valence electrons. The number of amides is 1. The van der Waals surface area contributed by atoms with Gasteiger partial charge in [-0.25, -0.2) is 0 Å². The van der Waals surface area contributed by atoms with Crippen molar-refractivity contribution in [2.45, 2.75) is 86.5 Å². The fourth-order valence-corrected chi connectivity index (χ4v) is 9.68. The molecule has 1 amide bonds. The summed E-state index contributed by atoms with van der Waals surface area (Å²) in [5, 5.41) is 9.72. The van der Waals surface area contributed by atoms with Crippen molar-refractivity contribution >= 4 is 17.5 Å². The maximum atomic E-state index is 14.2. The van der Waals surface area contributed by atoms with Gasteiger partial charge in [0.1, 0.15) is 6.07 Å². The van der Waals surface area contributed by atoms with Gasteiger partial charge in [0.05, 0.1) is 11.0 Å². The fraction of sp³-hybridized carbons (Fsp3) is 0.733. The smallest absolute Gasteiger partial charge is 0.223 e. The molecule has 5 nitrogen and oxygen atoms in total. The molecule has 8 atom stereocenters. The van der Waals surface area contributed by atoms with Crippen LogP contribution in [0.15, 0.2) is 23.3 Å². The number of carbonyl (C=O) groups is 3. The molecular formula is C30H40N2O3. The van der Waals surface area contributed by atoms with Crippen LogP contribution in [0.5, 0.6) is 0 Å². The fourth-order valence-electron chi connectivity index (χ4n) is 9.68. The summed E-state index contributed by atoms with van der Waals surface area (Å²) in [6.45, 7) is 13.2. The van der Waals surface area contributed by atoms with Gasteiger partial charge in [-0.3, -0.25) is 14.4 Å². The molecule has 5 heteroatoms. The van der Waals surface area contributed by atoms with E-state index >= 15 is 0 Å². The van der Waals surface area contributed by atoms with Crippen LogP contribution in [0.3, 0.4) is 0 Å². The first-order chi connectivity index (χ1) is 16.2. The minimum atomic E-state index is -0.599. The Balaban J connectivity index is 1.70. The molecule has 5 aliphatic carbocycles. The first-order valence-electron chi connectivity index (χ1n) is 13.4. The Labute approximate surface area is 209 Å². The van der Waals surface area contributed by atoms with Crippen LogP contribution in [0.1, 0.15) is 86.5 Å². The number of nitrogens with zero attached hydrogens (tertiary/aromatic N) is 1. The van der Waals surface area contributed by atoms with Gasteiger partial charge in [0.15, 0.2) is 11.6 Å². The Morgan fingerprint density at radius 2 is 1.69 bits per heavy atom. The molecule has 0 heterocycles. The summed E-state index contributed by atoms with van der Waals surface area (Å²) in [7, 11) is 0. The van der Waals surface area contributed by atoms with E-state index in [0.29, 0.717) is 0 Å². The van der Waals surface area contributed by atoms with E-state index in [2.05, 4.69) is 40.7 Å². The number of nitriles is 1. The maximum Gasteiger partial charge on any atom is 0.223 e. The Kier molecular flexibility index (Phi) is 5.02. The van der Waals surface area contributed by atoms with Gasteiger partial charge in [0.2, 0.25) is 5.91 Å². The van der Waals surface area contributed by atoms with Crippen LogP contribution in [0.25, 0.3) is 0 Å². The lowest BCUT2D eigenvalue weighted by Gasteiger charge is -2.68. The van der Waals surface area contributed by atoms with Crippen LogP contribution in [-0.4, -0.2) is 17.5 Å². The molecule has 5 aliphatic rings. The third-order valence-electron chi connectivity index (χ3n) is 12.0. The molecule has 2 unspecified atom stereocenters. The number of hydrogen-bond donors (Lipinski definition) is 1. The normalized spacial score (nSPS) is 48.3. The molecule has 0 saturated heterocycles. The predicted octanol–water partition coefficient (Wildman–Crippen LogP) is 5.30. The molecule has 0 radical (unpaired) electrons. The molecule has 0 spiro atoms. The van der Waals surface area contributed by atoms with Crippen molar-refractivity contribution in [1.82, 2.24) is 0 Å². The highest BCUT2D eigenvalue weighted by Crippen LogP contribution is 2.73. The van der Waals surface area contributed by atoms with E-state index in [1.54, 1.807) is 0 Å². The van der Waals surface area contributed by atoms with E-state index in [9.17, 15) is 19.6 Å². The number of hydrogen-bond acceptors (Lipinski definition) is 4. The van der Waals surface area contributed by atoms with Crippen LogP contribution in [0.4, 0.5) is 0 Å². The van der Waals surface area contributed by atoms with Crippen LogP contribution in [-0.2, 0) is 14.4 Å². The van der Waals surface area contributed by atoms with E-state index < -0.39 is 10.8 Å². The lowest BCUT2D eigenvalue weighted by atomic mass is 9.35. The Morgan fingerprint density at radius 3 is 2.31 bits per heavy atom. The molecule has 2 N–H and O–H groups in total. The summed E-state index contributed by atoms with van der Waals surface area (Å²) in [5.41, 5.74) is 5.85. The zero-order valence-corrected chi connectivity index (χ0v) is 22.2. The second kappa shape index (κ2) is 7.17. The number of carbonyl (C=O) groups excluding carboxylic acids is 3. The number of rotatable bonds is 1. The van der Waals surface area contributed by atoms with Gasteiger partial charge < -0.3 is 5.73 Å². The highest BCUT2D eigenvalue weighted by atomic mass is 16.1. The molecule has 35 heavy (non-hydrogen) atoms. The summed E-state index contributed by atoms with van der Waals surface area (Å²) >= 11 is 0. The third-order valence-corrected chi connectivity index (χ3v) is 12.0. The molecule has 3 saturated carbocycles. The van der Waals surface area contributed by atoms with Gasteiger partial charge in [-0.2, -0.15) is 5.26 Å². The second-order valence-corrected chi connectivity index (χ2v) is 13.9. The summed E-state index contributed by atoms with van der Waals surface area (Å²) in [5.74, 6) is -0.624. The Bertz CT molecular complexity index is 1140. The standard InChI is InChI=1S/C30H40N2O3/c1-17-19-7-8-28(5)22(27(19,4)14-18(16-31)24(17)34)13-21(33)23-20-15-26(2,3)9-11-30(20,25(32)35)12-10-29(23,28)6/h13-14,17,19-20,23H,7-12,15H2,1-6H3,(H2,32,35)/t17-,19-,20?,23?,27-,28+,29+,30-/m0/s1. The SMILES string of the molecule is C[C@@H]1C(=O)C(C#N)=C[C@]2(C)C3=CC(=O)C4C5CC(C)(C)CC[C@]5(C(N)=O)CC[C@@]4(C)[C@]3(C)CC[C@@H]12. The third kappa shape index (κ3) is 2.89. The highest BCUT2D eigenvalue weighted by molar-refractivity contribution is 6.02. The van der Waals surface area contributed by atoms with Gasteiger partial charge in [0.25, 0.3) is 0 Å². The van der Waals surface area contributed by atoms with Crippen molar-refractivity contribution in [2.24, 2.45) is 56.5 Å². The quantitative estimate of drug-likeness (QED) is 0.555. The molecule has 5 rings (SSSR count). The Morgan fingerprint density at radius 1 is 1.03 bits per heavy atom. The number of nitrogens with two attached hydrogens (primary N) is 1. The zero-order chi connectivity index (χ0) is 25.8. The molecule has 0 aromatic heterocycles. The number of fused-ring (bicyclic) bond motifs is 7. The maximum absolute atomic E-state index is 14.2. The second-order valence-electron chi connectivity index (χ2n) is 13.9. The van der Waals surface area contributed by atoms with Gasteiger partial charge in [-0.1, -0.05) is 53.2 Å². The summed E-state index contributed by atoms with van der Waals surface area (Å²) in [4.78, 5) is 40.0. The summed E-state index contributed by atoms with van der Waals surface area (Å²) < 4.78 is 0. The first kappa shape index (κ1) is 24.5. The summed E-state index contributed by atoms with van der Waals surface area (Å²) in [6.07, 6.45) is 9.64. The lowest BCUT2D eigenvalue weighted by Crippen LogP contribution is -2.65. The average molecular weight is 477 g/mol. The van der Waals surface area contributed by atoms with Gasteiger partial charge in [-0.15, -0.1) is 0 Å². The zero-order valence-electron chi connectivity index (χ0n) is 22.2. The van der Waals surface area contributed by atoms with Crippen molar-refractivity contribution in [1.29, 1.82) is 5.26 Å². The van der Waals surface area contributed by atoms with Crippen molar-refractivity contribution in [2.75, 3.05) is 0 Å². The van der Waals surface area contributed by atoms with Gasteiger partial charge in [0, 0.05) is 17.3 Å². The lowest BCUT2D eigenvalue weighted by molar-refractivity contribution is -0.175. The molecule has 0 aromatic rings. The van der Waals surface area contributed by atoms with Crippen molar-refractivity contribution < 1.29 is 14.4 Å². The number of ketones is 2. The largest absolute Gasteiger partial charge is 0.369 e. The van der Waals surface area contributed by atoms with Gasteiger partial charge in [-0.05, 0) is 79.1 Å². The summed E-state index contributed by atoms with van der Waals surface area (Å²) in [6, 6.07) is 2.14. The van der Waals surface area contributed by atoms with E-state index in [1.165, 1.54) is 0 Å². The highest BCUT2D eigenvalue weighted by Gasteiger charge is 2.69. The Hall–Kier alpha value is -2.22. The molecule has 0 bridgehead atoms. The van der Waals surface area contributed by atoms with Gasteiger partial charge >= 0.3 is 0 Å². The van der Waals surface area contributed by atoms with Crippen LogP contribution in [0, 0.1) is 62.1 Å². The number of allylic oxidation sites excluding steroid dienone is 4. The number of primary amides is 1. The van der Waals surface area contributed by atoms with Crippen LogP contribution >= 0.6 is 0 Å².